The molecule has 1 amide bonds. The van der Waals surface area contributed by atoms with Gasteiger partial charge in [-0.1, -0.05) is 0 Å². The fraction of sp³-hybridized carbons (Fsp3) is 0.500. The summed E-state index contributed by atoms with van der Waals surface area (Å²) < 4.78 is 13.2. The summed E-state index contributed by atoms with van der Waals surface area (Å²) in [6.07, 6.45) is 3.44. The lowest BCUT2D eigenvalue weighted by Gasteiger charge is -2.37. The number of nitrogens with zero attached hydrogens (tertiary/aromatic N) is 1. The van der Waals surface area contributed by atoms with Crippen LogP contribution in [0.5, 0.6) is 5.75 Å². The van der Waals surface area contributed by atoms with Crippen LogP contribution in [0, 0.1) is 5.82 Å². The average molecular weight is 284 g/mol. The van der Waals surface area contributed by atoms with Crippen LogP contribution in [-0.2, 0) is 0 Å². The van der Waals surface area contributed by atoms with E-state index in [9.17, 15) is 14.3 Å². The molecule has 2 heterocycles. The summed E-state index contributed by atoms with van der Waals surface area (Å²) in [4.78, 5) is 14.3. The van der Waals surface area contributed by atoms with Gasteiger partial charge in [0, 0.05) is 17.5 Å². The van der Waals surface area contributed by atoms with Gasteiger partial charge < -0.3 is 10.0 Å². The van der Waals surface area contributed by atoms with Gasteiger partial charge in [-0.3, -0.25) is 4.79 Å². The molecule has 2 bridgehead atoms. The summed E-state index contributed by atoms with van der Waals surface area (Å²) in [5.41, 5.74) is 0.0462. The van der Waals surface area contributed by atoms with Crippen LogP contribution in [0.15, 0.2) is 18.2 Å². The molecule has 2 saturated heterocycles. The van der Waals surface area contributed by atoms with Gasteiger partial charge in [-0.05, 0) is 43.9 Å². The number of hydrogen-bond donors (Lipinski definition) is 1. The summed E-state index contributed by atoms with van der Waals surface area (Å²) in [5.74, 6) is -0.965. The van der Waals surface area contributed by atoms with Gasteiger partial charge in [0.05, 0.1) is 5.56 Å². The molecule has 3 rings (SSSR count). The smallest absolute Gasteiger partial charge is 0.258 e. The molecule has 0 aromatic heterocycles. The van der Waals surface area contributed by atoms with Gasteiger partial charge in [0.2, 0.25) is 0 Å². The number of hydrogen-bond acceptors (Lipinski definition) is 2. The first-order valence-corrected chi connectivity index (χ1v) is 6.95. The Hall–Kier alpha value is -1.29. The number of halogens is 2. The highest BCUT2D eigenvalue weighted by molar-refractivity contribution is 6.20. The van der Waals surface area contributed by atoms with E-state index in [0.717, 1.165) is 37.8 Å². The molecule has 102 valence electrons. The van der Waals surface area contributed by atoms with Crippen LogP contribution in [-0.4, -0.2) is 33.4 Å². The molecule has 2 atom stereocenters. The first-order valence-electron chi connectivity index (χ1n) is 6.51. The van der Waals surface area contributed by atoms with Gasteiger partial charge >= 0.3 is 0 Å². The van der Waals surface area contributed by atoms with Crippen molar-refractivity contribution in [1.82, 2.24) is 4.90 Å². The first kappa shape index (κ1) is 12.7. The van der Waals surface area contributed by atoms with E-state index in [4.69, 9.17) is 11.6 Å². The molecule has 5 heteroatoms. The minimum Gasteiger partial charge on any atom is -0.507 e. The Morgan fingerprint density at radius 1 is 1.32 bits per heavy atom. The van der Waals surface area contributed by atoms with Crippen molar-refractivity contribution in [3.8, 4) is 5.75 Å². The van der Waals surface area contributed by atoms with Gasteiger partial charge in [-0.25, -0.2) is 4.39 Å². The van der Waals surface area contributed by atoms with E-state index in [1.54, 1.807) is 4.90 Å². The van der Waals surface area contributed by atoms with Crippen molar-refractivity contribution >= 4 is 17.5 Å². The van der Waals surface area contributed by atoms with Gasteiger partial charge in [0.15, 0.2) is 0 Å². The van der Waals surface area contributed by atoms with Crippen molar-refractivity contribution in [1.29, 1.82) is 0 Å². The minimum atomic E-state index is -0.513. The maximum Gasteiger partial charge on any atom is 0.258 e. The molecule has 0 saturated carbocycles. The van der Waals surface area contributed by atoms with E-state index in [-0.39, 0.29) is 34.7 Å². The molecule has 0 aliphatic carbocycles. The highest BCUT2D eigenvalue weighted by atomic mass is 35.5. The van der Waals surface area contributed by atoms with Crippen LogP contribution in [0.25, 0.3) is 0 Å². The fourth-order valence-corrected chi connectivity index (χ4v) is 3.67. The molecule has 19 heavy (non-hydrogen) atoms. The number of phenolic OH excluding ortho intramolecular Hbond substituents is 1. The number of alkyl halides is 1. The van der Waals surface area contributed by atoms with Crippen molar-refractivity contribution in [2.24, 2.45) is 0 Å². The van der Waals surface area contributed by atoms with Gasteiger partial charge in [0.1, 0.15) is 11.6 Å². The topological polar surface area (TPSA) is 40.5 Å². The Morgan fingerprint density at radius 3 is 2.58 bits per heavy atom. The van der Waals surface area contributed by atoms with E-state index in [1.807, 2.05) is 0 Å². The van der Waals surface area contributed by atoms with E-state index >= 15 is 0 Å². The van der Waals surface area contributed by atoms with Crippen molar-refractivity contribution in [3.63, 3.8) is 0 Å². The van der Waals surface area contributed by atoms with Crippen LogP contribution >= 0.6 is 11.6 Å². The van der Waals surface area contributed by atoms with Crippen molar-refractivity contribution in [3.05, 3.63) is 29.6 Å². The molecule has 2 unspecified atom stereocenters. The summed E-state index contributed by atoms with van der Waals surface area (Å²) in [6, 6.07) is 3.71. The van der Waals surface area contributed by atoms with Crippen molar-refractivity contribution in [2.45, 2.75) is 43.1 Å². The Labute approximate surface area is 116 Å². The number of amides is 1. The Morgan fingerprint density at radius 2 is 1.95 bits per heavy atom. The predicted molar refractivity (Wildman–Crippen MR) is 69.9 cm³/mol. The standard InChI is InChI=1S/C14H15ClFNO2/c15-8-5-10-2-3-11(6-8)17(10)14(19)12-7-9(16)1-4-13(12)18/h1,4,7-8,10-11,18H,2-3,5-6H2. The first-order chi connectivity index (χ1) is 9.06. The molecule has 1 aromatic carbocycles. The second kappa shape index (κ2) is 4.67. The quantitative estimate of drug-likeness (QED) is 0.805. The Kier molecular flexibility index (Phi) is 3.13. The zero-order chi connectivity index (χ0) is 13.6. The average Bonchev–Trinajstić information content (AvgIpc) is 2.64. The molecule has 0 spiro atoms. The molecular weight excluding hydrogens is 269 g/mol. The van der Waals surface area contributed by atoms with Crippen LogP contribution < -0.4 is 0 Å². The molecule has 1 N–H and O–H groups in total. The number of aromatic hydroxyl groups is 1. The lowest BCUT2D eigenvalue weighted by molar-refractivity contribution is 0.0596. The van der Waals surface area contributed by atoms with Gasteiger partial charge in [-0.15, -0.1) is 11.6 Å². The summed E-state index contributed by atoms with van der Waals surface area (Å²) in [7, 11) is 0. The zero-order valence-corrected chi connectivity index (χ0v) is 11.1. The normalized spacial score (nSPS) is 29.6. The maximum absolute atomic E-state index is 13.2. The largest absolute Gasteiger partial charge is 0.507 e. The third-order valence-electron chi connectivity index (χ3n) is 4.10. The summed E-state index contributed by atoms with van der Waals surface area (Å²) >= 11 is 6.17. The lowest BCUT2D eigenvalue weighted by Crippen LogP contribution is -2.47. The number of phenols is 1. The predicted octanol–water partition coefficient (Wildman–Crippen LogP) is 2.91. The molecular formula is C14H15ClFNO2. The molecule has 0 radical (unpaired) electrons. The number of benzene rings is 1. The van der Waals surface area contributed by atoms with Crippen LogP contribution in [0.3, 0.4) is 0 Å². The van der Waals surface area contributed by atoms with Gasteiger partial charge in [0.25, 0.3) is 5.91 Å². The minimum absolute atomic E-state index is 0.0462. The van der Waals surface area contributed by atoms with E-state index in [1.165, 1.54) is 6.07 Å². The molecule has 2 aliphatic rings. The van der Waals surface area contributed by atoms with Crippen molar-refractivity contribution < 1.29 is 14.3 Å². The maximum atomic E-state index is 13.2. The second-order valence-electron chi connectivity index (χ2n) is 5.33. The summed E-state index contributed by atoms with van der Waals surface area (Å²) in [5, 5.41) is 9.85. The number of rotatable bonds is 1. The number of carbonyl (C=O) groups is 1. The van der Waals surface area contributed by atoms with Gasteiger partial charge in [-0.2, -0.15) is 0 Å². The Balaban J connectivity index is 1.90. The molecule has 2 aliphatic heterocycles. The second-order valence-corrected chi connectivity index (χ2v) is 5.94. The number of piperidine rings is 1. The molecule has 2 fully saturated rings. The molecule has 1 aromatic rings. The third-order valence-corrected chi connectivity index (χ3v) is 4.46. The SMILES string of the molecule is O=C(c1cc(F)ccc1O)N1C2CCC1CC(Cl)C2. The van der Waals surface area contributed by atoms with E-state index < -0.39 is 5.82 Å². The van der Waals surface area contributed by atoms with Crippen LogP contribution in [0.1, 0.15) is 36.0 Å². The van der Waals surface area contributed by atoms with E-state index in [0.29, 0.717) is 0 Å². The third kappa shape index (κ3) is 2.18. The van der Waals surface area contributed by atoms with Crippen molar-refractivity contribution in [2.75, 3.05) is 0 Å². The van der Waals surface area contributed by atoms with Crippen LogP contribution in [0.4, 0.5) is 4.39 Å². The monoisotopic (exact) mass is 283 g/mol. The summed E-state index contributed by atoms with van der Waals surface area (Å²) in [6.45, 7) is 0. The van der Waals surface area contributed by atoms with E-state index in [2.05, 4.69) is 0 Å². The highest BCUT2D eigenvalue weighted by Crippen LogP contribution is 2.39. The highest BCUT2D eigenvalue weighted by Gasteiger charge is 2.43. The lowest BCUT2D eigenvalue weighted by atomic mass is 10.0. The fourth-order valence-electron chi connectivity index (χ4n) is 3.26. The van der Waals surface area contributed by atoms with Crippen LogP contribution in [0.2, 0.25) is 0 Å². The number of carbonyl (C=O) groups excluding carboxylic acids is 1. The Bertz CT molecular complexity index is 508. The molecule has 3 nitrogen and oxygen atoms in total. The zero-order valence-electron chi connectivity index (χ0n) is 10.4. The number of fused-ring (bicyclic) bond motifs is 2.